The van der Waals surface area contributed by atoms with Gasteiger partial charge in [-0.3, -0.25) is 13.9 Å². The minimum atomic E-state index is -4.30. The largest absolute Gasteiger partial charge is 0.493 e. The zero-order valence-corrected chi connectivity index (χ0v) is 28.9. The van der Waals surface area contributed by atoms with Crippen LogP contribution in [0.25, 0.3) is 0 Å². The average Bonchev–Trinajstić information content (AvgIpc) is 3.05. The van der Waals surface area contributed by atoms with Crippen molar-refractivity contribution in [1.29, 1.82) is 0 Å². The molecule has 2 amide bonds. The molecule has 1 aliphatic rings. The van der Waals surface area contributed by atoms with Gasteiger partial charge < -0.3 is 19.7 Å². The molecule has 0 radical (unpaired) electrons. The summed E-state index contributed by atoms with van der Waals surface area (Å²) in [6.07, 6.45) is 5.29. The van der Waals surface area contributed by atoms with E-state index in [9.17, 15) is 18.0 Å². The Balaban J connectivity index is 1.74. The number of ether oxygens (including phenoxy) is 2. The van der Waals surface area contributed by atoms with Crippen molar-refractivity contribution in [1.82, 2.24) is 10.2 Å². The first-order valence-electron chi connectivity index (χ1n) is 15.3. The summed E-state index contributed by atoms with van der Waals surface area (Å²) < 4.78 is 40.3. The molecular formula is C34H41Cl2N3O6S. The van der Waals surface area contributed by atoms with Crippen molar-refractivity contribution in [3.05, 3.63) is 81.8 Å². The molecule has 0 bridgehead atoms. The molecule has 3 aromatic carbocycles. The standard InChI is InChI=1S/C34H41Cl2N3O6S/c1-5-30(34(41)37-25-9-7-6-8-10-25)38(21-24-13-17-28(35)29(36)19-24)33(40)22-39(26-14-11-23(2)12-15-26)46(42,43)27-16-18-31(44-3)32(20-27)45-4/h11-20,25,30H,5-10,21-22H2,1-4H3,(H,37,41)/t30-/m1/s1. The molecule has 0 spiro atoms. The van der Waals surface area contributed by atoms with Crippen molar-refractivity contribution in [2.75, 3.05) is 25.1 Å². The van der Waals surface area contributed by atoms with Gasteiger partial charge in [0.1, 0.15) is 12.6 Å². The Morgan fingerprint density at radius 2 is 1.59 bits per heavy atom. The molecule has 1 fully saturated rings. The van der Waals surface area contributed by atoms with Crippen LogP contribution in [0.2, 0.25) is 10.0 Å². The minimum absolute atomic E-state index is 0.0183. The summed E-state index contributed by atoms with van der Waals surface area (Å²) in [6.45, 7) is 3.18. The molecule has 1 saturated carbocycles. The fourth-order valence-electron chi connectivity index (χ4n) is 5.64. The number of carbonyl (C=O) groups is 2. The Kier molecular flexibility index (Phi) is 12.2. The van der Waals surface area contributed by atoms with E-state index in [-0.39, 0.29) is 29.1 Å². The predicted octanol–water partition coefficient (Wildman–Crippen LogP) is 6.77. The van der Waals surface area contributed by atoms with Gasteiger partial charge in [0.2, 0.25) is 11.8 Å². The van der Waals surface area contributed by atoms with E-state index in [1.54, 1.807) is 42.5 Å². The third-order valence-electron chi connectivity index (χ3n) is 8.22. The molecule has 4 rings (SSSR count). The molecular weight excluding hydrogens is 649 g/mol. The maximum atomic E-state index is 14.4. The molecule has 0 heterocycles. The fourth-order valence-corrected chi connectivity index (χ4v) is 7.39. The van der Waals surface area contributed by atoms with Gasteiger partial charge in [-0.15, -0.1) is 0 Å². The first kappa shape index (κ1) is 35.4. The zero-order valence-electron chi connectivity index (χ0n) is 26.6. The molecule has 0 aromatic heterocycles. The summed E-state index contributed by atoms with van der Waals surface area (Å²) in [7, 11) is -1.43. The van der Waals surface area contributed by atoms with Crippen LogP contribution in [-0.2, 0) is 26.2 Å². The molecule has 0 aliphatic heterocycles. The third kappa shape index (κ3) is 8.46. The van der Waals surface area contributed by atoms with Gasteiger partial charge in [-0.1, -0.05) is 73.2 Å². The molecule has 1 atom stereocenters. The van der Waals surface area contributed by atoms with Crippen LogP contribution in [0.1, 0.15) is 56.6 Å². The average molecular weight is 691 g/mol. The molecule has 1 N–H and O–H groups in total. The summed E-state index contributed by atoms with van der Waals surface area (Å²) >= 11 is 12.5. The number of methoxy groups -OCH3 is 2. The fraction of sp³-hybridized carbons (Fsp3) is 0.412. The maximum Gasteiger partial charge on any atom is 0.264 e. The van der Waals surface area contributed by atoms with Crippen LogP contribution in [-0.4, -0.2) is 58.0 Å². The Morgan fingerprint density at radius 1 is 0.913 bits per heavy atom. The van der Waals surface area contributed by atoms with Crippen LogP contribution in [0.4, 0.5) is 5.69 Å². The lowest BCUT2D eigenvalue weighted by Gasteiger charge is -2.34. The van der Waals surface area contributed by atoms with E-state index < -0.39 is 28.5 Å². The zero-order chi connectivity index (χ0) is 33.4. The smallest absolute Gasteiger partial charge is 0.264 e. The van der Waals surface area contributed by atoms with E-state index in [1.165, 1.54) is 37.3 Å². The maximum absolute atomic E-state index is 14.4. The highest BCUT2D eigenvalue weighted by molar-refractivity contribution is 7.92. The Labute approximate surface area is 281 Å². The lowest BCUT2D eigenvalue weighted by atomic mass is 9.95. The number of anilines is 1. The SMILES string of the molecule is CC[C@H](C(=O)NC1CCCCC1)N(Cc1ccc(Cl)c(Cl)c1)C(=O)CN(c1ccc(C)cc1)S(=O)(=O)c1ccc(OC)c(OC)c1. The van der Waals surface area contributed by atoms with Gasteiger partial charge in [0, 0.05) is 18.7 Å². The predicted molar refractivity (Wildman–Crippen MR) is 181 cm³/mol. The summed E-state index contributed by atoms with van der Waals surface area (Å²) in [6, 6.07) is 15.3. The Morgan fingerprint density at radius 3 is 2.20 bits per heavy atom. The van der Waals surface area contributed by atoms with Gasteiger partial charge in [0.15, 0.2) is 11.5 Å². The van der Waals surface area contributed by atoms with Crippen LogP contribution in [0.3, 0.4) is 0 Å². The topological polar surface area (TPSA) is 105 Å². The number of halogens is 2. The number of hydrogen-bond donors (Lipinski definition) is 1. The van der Waals surface area contributed by atoms with E-state index in [2.05, 4.69) is 5.32 Å². The normalized spacial score (nSPS) is 14.3. The molecule has 9 nitrogen and oxygen atoms in total. The number of carbonyl (C=O) groups excluding carboxylic acids is 2. The number of amides is 2. The van der Waals surface area contributed by atoms with Gasteiger partial charge in [0.05, 0.1) is 34.8 Å². The van der Waals surface area contributed by atoms with Gasteiger partial charge >= 0.3 is 0 Å². The van der Waals surface area contributed by atoms with E-state index in [4.69, 9.17) is 32.7 Å². The van der Waals surface area contributed by atoms with Gasteiger partial charge in [-0.25, -0.2) is 8.42 Å². The van der Waals surface area contributed by atoms with Gasteiger partial charge in [0.25, 0.3) is 10.0 Å². The van der Waals surface area contributed by atoms with E-state index in [0.29, 0.717) is 33.5 Å². The number of nitrogens with one attached hydrogen (secondary N) is 1. The molecule has 0 unspecified atom stereocenters. The number of nitrogens with zero attached hydrogens (tertiary/aromatic N) is 2. The van der Waals surface area contributed by atoms with Crippen LogP contribution in [0, 0.1) is 6.92 Å². The van der Waals surface area contributed by atoms with Gasteiger partial charge in [-0.2, -0.15) is 0 Å². The van der Waals surface area contributed by atoms with Crippen molar-refractivity contribution in [3.8, 4) is 11.5 Å². The van der Waals surface area contributed by atoms with E-state index in [1.807, 2.05) is 13.8 Å². The second-order valence-electron chi connectivity index (χ2n) is 11.4. The quantitative estimate of drug-likeness (QED) is 0.212. The van der Waals surface area contributed by atoms with Crippen molar-refractivity contribution in [2.24, 2.45) is 0 Å². The van der Waals surface area contributed by atoms with Crippen LogP contribution >= 0.6 is 23.2 Å². The van der Waals surface area contributed by atoms with Crippen molar-refractivity contribution in [3.63, 3.8) is 0 Å². The lowest BCUT2D eigenvalue weighted by Crippen LogP contribution is -2.54. The Hall–Kier alpha value is -3.47. The summed E-state index contributed by atoms with van der Waals surface area (Å²) in [4.78, 5) is 29.5. The van der Waals surface area contributed by atoms with Crippen LogP contribution in [0.5, 0.6) is 11.5 Å². The van der Waals surface area contributed by atoms with E-state index >= 15 is 0 Å². The number of aryl methyl sites for hydroxylation is 1. The molecule has 1 aliphatic carbocycles. The van der Waals surface area contributed by atoms with Gasteiger partial charge in [-0.05, 0) is 68.1 Å². The highest BCUT2D eigenvalue weighted by Crippen LogP contribution is 2.33. The molecule has 248 valence electrons. The number of sulfonamides is 1. The number of rotatable bonds is 13. The summed E-state index contributed by atoms with van der Waals surface area (Å²) in [5.41, 5.74) is 1.87. The summed E-state index contributed by atoms with van der Waals surface area (Å²) in [5, 5.41) is 3.81. The van der Waals surface area contributed by atoms with Crippen LogP contribution in [0.15, 0.2) is 65.6 Å². The number of benzene rings is 3. The molecule has 0 saturated heterocycles. The Bertz CT molecular complexity index is 1630. The van der Waals surface area contributed by atoms with Crippen LogP contribution < -0.4 is 19.1 Å². The second kappa shape index (κ2) is 15.9. The monoisotopic (exact) mass is 689 g/mol. The first-order valence-corrected chi connectivity index (χ1v) is 17.5. The molecule has 12 heteroatoms. The highest BCUT2D eigenvalue weighted by atomic mass is 35.5. The third-order valence-corrected chi connectivity index (χ3v) is 10.7. The van der Waals surface area contributed by atoms with Crippen molar-refractivity contribution in [2.45, 2.75) is 75.9 Å². The van der Waals surface area contributed by atoms with Crippen molar-refractivity contribution < 1.29 is 27.5 Å². The lowest BCUT2D eigenvalue weighted by molar-refractivity contribution is -0.140. The number of hydrogen-bond acceptors (Lipinski definition) is 6. The molecule has 46 heavy (non-hydrogen) atoms. The van der Waals surface area contributed by atoms with Crippen molar-refractivity contribution >= 4 is 50.7 Å². The molecule has 3 aromatic rings. The highest BCUT2D eigenvalue weighted by Gasteiger charge is 2.35. The minimum Gasteiger partial charge on any atom is -0.493 e. The first-order chi connectivity index (χ1) is 22.0. The summed E-state index contributed by atoms with van der Waals surface area (Å²) in [5.74, 6) is -0.235. The second-order valence-corrected chi connectivity index (χ2v) is 14.1. The van der Waals surface area contributed by atoms with E-state index in [0.717, 1.165) is 42.0 Å².